The fourth-order valence-electron chi connectivity index (χ4n) is 2.92. The minimum atomic E-state index is 0.443. The van der Waals surface area contributed by atoms with Crippen LogP contribution < -0.4 is 5.73 Å². The lowest BCUT2D eigenvalue weighted by Gasteiger charge is -2.40. The summed E-state index contributed by atoms with van der Waals surface area (Å²) in [7, 11) is 0. The maximum absolute atomic E-state index is 6.03. The summed E-state index contributed by atoms with van der Waals surface area (Å²) < 4.78 is 0. The van der Waals surface area contributed by atoms with Gasteiger partial charge < -0.3 is 5.73 Å². The van der Waals surface area contributed by atoms with Gasteiger partial charge >= 0.3 is 0 Å². The van der Waals surface area contributed by atoms with Gasteiger partial charge in [-0.25, -0.2) is 0 Å². The maximum Gasteiger partial charge on any atom is 0.0566 e. The zero-order chi connectivity index (χ0) is 12.3. The van der Waals surface area contributed by atoms with Crippen LogP contribution in [0.1, 0.15) is 48.4 Å². The van der Waals surface area contributed by atoms with E-state index in [0.717, 1.165) is 12.6 Å². The molecule has 1 aromatic heterocycles. The van der Waals surface area contributed by atoms with Crippen LogP contribution in [-0.4, -0.2) is 24.0 Å². The highest BCUT2D eigenvalue weighted by atomic mass is 32.1. The predicted octanol–water partition coefficient (Wildman–Crippen LogP) is 3.32. The molecule has 3 heteroatoms. The zero-order valence-electron chi connectivity index (χ0n) is 11.0. The Labute approximate surface area is 109 Å². The van der Waals surface area contributed by atoms with E-state index in [0.29, 0.717) is 6.04 Å². The molecule has 2 nitrogen and oxygen atoms in total. The van der Waals surface area contributed by atoms with Crippen molar-refractivity contribution in [3.63, 3.8) is 0 Å². The molecule has 1 aromatic rings. The van der Waals surface area contributed by atoms with Crippen molar-refractivity contribution in [2.75, 3.05) is 13.1 Å². The van der Waals surface area contributed by atoms with E-state index in [2.05, 4.69) is 30.9 Å². The van der Waals surface area contributed by atoms with E-state index in [1.165, 1.54) is 42.0 Å². The first-order valence-electron chi connectivity index (χ1n) is 6.78. The van der Waals surface area contributed by atoms with Crippen LogP contribution in [0.3, 0.4) is 0 Å². The van der Waals surface area contributed by atoms with Crippen molar-refractivity contribution in [3.05, 3.63) is 21.9 Å². The lowest BCUT2D eigenvalue weighted by atomic mass is 9.97. The van der Waals surface area contributed by atoms with Gasteiger partial charge in [0.25, 0.3) is 0 Å². The molecular weight excluding hydrogens is 228 g/mol. The number of rotatable bonds is 4. The highest BCUT2D eigenvalue weighted by Gasteiger charge is 2.28. The van der Waals surface area contributed by atoms with Crippen molar-refractivity contribution in [1.29, 1.82) is 0 Å². The van der Waals surface area contributed by atoms with Crippen molar-refractivity contribution in [1.82, 2.24) is 4.90 Å². The Morgan fingerprint density at radius 2 is 2.29 bits per heavy atom. The number of nitrogens with zero attached hydrogens (tertiary/aromatic N) is 1. The van der Waals surface area contributed by atoms with Gasteiger partial charge in [0.15, 0.2) is 0 Å². The van der Waals surface area contributed by atoms with Gasteiger partial charge in [-0.3, -0.25) is 4.90 Å². The van der Waals surface area contributed by atoms with E-state index in [1.54, 1.807) is 0 Å². The lowest BCUT2D eigenvalue weighted by Crippen LogP contribution is -2.43. The Bertz CT molecular complexity index is 348. The lowest BCUT2D eigenvalue weighted by molar-refractivity contribution is 0.0966. The van der Waals surface area contributed by atoms with Crippen molar-refractivity contribution in [3.8, 4) is 0 Å². The van der Waals surface area contributed by atoms with Crippen molar-refractivity contribution in [2.45, 2.75) is 51.6 Å². The van der Waals surface area contributed by atoms with E-state index in [9.17, 15) is 0 Å². The molecule has 0 bridgehead atoms. The van der Waals surface area contributed by atoms with E-state index in [4.69, 9.17) is 5.73 Å². The van der Waals surface area contributed by atoms with Gasteiger partial charge in [-0.15, -0.1) is 11.3 Å². The van der Waals surface area contributed by atoms with Gasteiger partial charge in [0, 0.05) is 22.3 Å². The van der Waals surface area contributed by atoms with Gasteiger partial charge in [-0.1, -0.05) is 13.3 Å². The summed E-state index contributed by atoms with van der Waals surface area (Å²) >= 11 is 1.90. The number of hydrogen-bond donors (Lipinski definition) is 1. The normalized spacial score (nSPS) is 23.8. The first-order valence-corrected chi connectivity index (χ1v) is 7.60. The highest BCUT2D eigenvalue weighted by molar-refractivity contribution is 7.12. The van der Waals surface area contributed by atoms with Crippen LogP contribution in [0.15, 0.2) is 12.1 Å². The Morgan fingerprint density at radius 1 is 1.47 bits per heavy atom. The summed E-state index contributed by atoms with van der Waals surface area (Å²) in [5.74, 6) is 0. The average molecular weight is 252 g/mol. The topological polar surface area (TPSA) is 29.3 Å². The number of aryl methyl sites for hydroxylation is 1. The monoisotopic (exact) mass is 252 g/mol. The van der Waals surface area contributed by atoms with Crippen molar-refractivity contribution >= 4 is 11.3 Å². The molecule has 0 radical (unpaired) electrons. The number of piperidine rings is 1. The van der Waals surface area contributed by atoms with Crippen LogP contribution in [0.25, 0.3) is 0 Å². The number of thiophene rings is 1. The highest BCUT2D eigenvalue weighted by Crippen LogP contribution is 2.32. The quantitative estimate of drug-likeness (QED) is 0.890. The zero-order valence-corrected chi connectivity index (χ0v) is 11.8. The molecule has 2 unspecified atom stereocenters. The molecular formula is C14H24N2S. The van der Waals surface area contributed by atoms with Crippen LogP contribution in [0, 0.1) is 6.92 Å². The predicted molar refractivity (Wildman–Crippen MR) is 75.5 cm³/mol. The van der Waals surface area contributed by atoms with E-state index in [1.807, 2.05) is 11.3 Å². The number of nitrogens with two attached hydrogens (primary N) is 1. The molecule has 1 fully saturated rings. The van der Waals surface area contributed by atoms with Gasteiger partial charge in [-0.05, 0) is 44.9 Å². The fraction of sp³-hybridized carbons (Fsp3) is 0.714. The maximum atomic E-state index is 6.03. The largest absolute Gasteiger partial charge is 0.329 e. The molecule has 1 aliphatic heterocycles. The molecule has 17 heavy (non-hydrogen) atoms. The molecule has 2 atom stereocenters. The third-order valence-corrected chi connectivity index (χ3v) is 4.96. The molecule has 1 saturated heterocycles. The minimum absolute atomic E-state index is 0.443. The van der Waals surface area contributed by atoms with Crippen LogP contribution >= 0.6 is 11.3 Å². The van der Waals surface area contributed by atoms with Crippen molar-refractivity contribution < 1.29 is 0 Å². The molecule has 0 amide bonds. The third-order valence-electron chi connectivity index (χ3n) is 3.86. The van der Waals surface area contributed by atoms with Gasteiger partial charge in [0.05, 0.1) is 6.04 Å². The van der Waals surface area contributed by atoms with Crippen LogP contribution in [0.2, 0.25) is 0 Å². The molecule has 1 aliphatic rings. The molecule has 96 valence electrons. The average Bonchev–Trinajstić information content (AvgIpc) is 2.77. The second kappa shape index (κ2) is 5.98. The number of likely N-dealkylation sites (tertiary alicyclic amines) is 1. The van der Waals surface area contributed by atoms with E-state index < -0.39 is 0 Å². The minimum Gasteiger partial charge on any atom is -0.329 e. The summed E-state index contributed by atoms with van der Waals surface area (Å²) in [4.78, 5) is 5.49. The summed E-state index contributed by atoms with van der Waals surface area (Å²) in [6.45, 7) is 6.44. The first kappa shape index (κ1) is 13.1. The molecule has 0 aliphatic carbocycles. The summed E-state index contributed by atoms with van der Waals surface area (Å²) in [5.41, 5.74) is 6.03. The van der Waals surface area contributed by atoms with E-state index >= 15 is 0 Å². The Kier molecular flexibility index (Phi) is 4.60. The van der Waals surface area contributed by atoms with Gasteiger partial charge in [0.2, 0.25) is 0 Å². The molecule has 0 aromatic carbocycles. The molecule has 0 spiro atoms. The SMILES string of the molecule is CCC1CCCCN1C(CN)c1ccc(C)s1. The van der Waals surface area contributed by atoms with Crippen LogP contribution in [0.5, 0.6) is 0 Å². The number of hydrogen-bond acceptors (Lipinski definition) is 3. The first-order chi connectivity index (χ1) is 8.26. The summed E-state index contributed by atoms with van der Waals surface area (Å²) in [5, 5.41) is 0. The smallest absolute Gasteiger partial charge is 0.0566 e. The summed E-state index contributed by atoms with van der Waals surface area (Å²) in [6.07, 6.45) is 5.31. The molecule has 2 rings (SSSR count). The standard InChI is InChI=1S/C14H24N2S/c1-3-12-6-4-5-9-16(12)13(10-15)14-8-7-11(2)17-14/h7-8,12-13H,3-6,9-10,15H2,1-2H3. The van der Waals surface area contributed by atoms with Crippen LogP contribution in [0.4, 0.5) is 0 Å². The Hall–Kier alpha value is -0.380. The molecule has 0 saturated carbocycles. The van der Waals surface area contributed by atoms with E-state index in [-0.39, 0.29) is 0 Å². The Balaban J connectivity index is 2.16. The second-order valence-electron chi connectivity index (χ2n) is 5.00. The second-order valence-corrected chi connectivity index (χ2v) is 6.32. The van der Waals surface area contributed by atoms with Gasteiger partial charge in [0.1, 0.15) is 0 Å². The fourth-order valence-corrected chi connectivity index (χ4v) is 3.93. The molecule has 2 heterocycles. The Morgan fingerprint density at radius 3 is 2.88 bits per heavy atom. The van der Waals surface area contributed by atoms with Gasteiger partial charge in [-0.2, -0.15) is 0 Å². The van der Waals surface area contributed by atoms with Crippen LogP contribution in [-0.2, 0) is 0 Å². The molecule has 2 N–H and O–H groups in total. The van der Waals surface area contributed by atoms with Crippen molar-refractivity contribution in [2.24, 2.45) is 5.73 Å². The third kappa shape index (κ3) is 2.90. The summed E-state index contributed by atoms with van der Waals surface area (Å²) in [6, 6.07) is 5.66.